The maximum Gasteiger partial charge on any atom is 0.161 e. The monoisotopic (exact) mass is 324 g/mol. The fourth-order valence-corrected chi connectivity index (χ4v) is 3.03. The van der Waals surface area contributed by atoms with Gasteiger partial charge in [0.2, 0.25) is 0 Å². The van der Waals surface area contributed by atoms with E-state index in [1.807, 2.05) is 18.2 Å². The molecule has 126 valence electrons. The molecule has 0 bridgehead atoms. The average molecular weight is 324 g/mol. The summed E-state index contributed by atoms with van der Waals surface area (Å²) in [7, 11) is 3.30. The van der Waals surface area contributed by atoms with E-state index < -0.39 is 0 Å². The predicted octanol–water partition coefficient (Wildman–Crippen LogP) is 4.75. The maximum absolute atomic E-state index is 5.45. The summed E-state index contributed by atoms with van der Waals surface area (Å²) in [4.78, 5) is 4.90. The highest BCUT2D eigenvalue weighted by atomic mass is 16.5. The van der Waals surface area contributed by atoms with Gasteiger partial charge in [0.25, 0.3) is 0 Å². The van der Waals surface area contributed by atoms with Gasteiger partial charge in [-0.15, -0.1) is 0 Å². The van der Waals surface area contributed by atoms with Crippen LogP contribution in [0.2, 0.25) is 0 Å². The third-order valence-corrected chi connectivity index (χ3v) is 4.45. The predicted molar refractivity (Wildman–Crippen MR) is 98.0 cm³/mol. The molecule has 0 fully saturated rings. The van der Waals surface area contributed by atoms with E-state index in [1.165, 1.54) is 16.6 Å². The standard InChI is InChI=1S/C20H24N2O2/c1-6-9-22-17-11-14(3)13(2)10-16(17)21-20(22)15-7-8-18(23-4)19(12-15)24-5/h7-8,10-12H,6,9H2,1-5H3. The minimum Gasteiger partial charge on any atom is -0.493 e. The third kappa shape index (κ3) is 2.73. The van der Waals surface area contributed by atoms with Crippen LogP contribution < -0.4 is 9.47 Å². The number of imidazole rings is 1. The summed E-state index contributed by atoms with van der Waals surface area (Å²) in [6, 6.07) is 10.4. The second kappa shape index (κ2) is 6.56. The second-order valence-corrected chi connectivity index (χ2v) is 6.08. The molecule has 4 heteroatoms. The Morgan fingerprint density at radius 1 is 0.958 bits per heavy atom. The molecule has 3 aromatic rings. The molecular formula is C20H24N2O2. The smallest absolute Gasteiger partial charge is 0.161 e. The molecule has 0 saturated heterocycles. The van der Waals surface area contributed by atoms with Gasteiger partial charge in [-0.2, -0.15) is 0 Å². The van der Waals surface area contributed by atoms with Crippen molar-refractivity contribution in [2.75, 3.05) is 14.2 Å². The van der Waals surface area contributed by atoms with Crippen LogP contribution in [0.4, 0.5) is 0 Å². The molecule has 24 heavy (non-hydrogen) atoms. The molecule has 4 nitrogen and oxygen atoms in total. The number of aryl methyl sites for hydroxylation is 3. The van der Waals surface area contributed by atoms with Crippen molar-refractivity contribution in [2.24, 2.45) is 0 Å². The van der Waals surface area contributed by atoms with Crippen molar-refractivity contribution in [1.29, 1.82) is 0 Å². The normalized spacial score (nSPS) is 11.0. The van der Waals surface area contributed by atoms with Crippen molar-refractivity contribution in [2.45, 2.75) is 33.7 Å². The second-order valence-electron chi connectivity index (χ2n) is 6.08. The zero-order valence-corrected chi connectivity index (χ0v) is 15.0. The molecule has 1 aromatic heterocycles. The van der Waals surface area contributed by atoms with E-state index in [1.54, 1.807) is 14.2 Å². The Labute approximate surface area is 143 Å². The van der Waals surface area contributed by atoms with Crippen molar-refractivity contribution in [3.8, 4) is 22.9 Å². The molecule has 0 N–H and O–H groups in total. The summed E-state index contributed by atoms with van der Waals surface area (Å²) < 4.78 is 13.1. The fourth-order valence-electron chi connectivity index (χ4n) is 3.03. The van der Waals surface area contributed by atoms with Crippen LogP contribution in [0.3, 0.4) is 0 Å². The Kier molecular flexibility index (Phi) is 4.47. The lowest BCUT2D eigenvalue weighted by Crippen LogP contribution is -2.00. The molecule has 0 aliphatic heterocycles. The Morgan fingerprint density at radius 2 is 1.67 bits per heavy atom. The lowest BCUT2D eigenvalue weighted by atomic mass is 10.1. The van der Waals surface area contributed by atoms with Crippen LogP contribution in [0.25, 0.3) is 22.4 Å². The number of ether oxygens (including phenoxy) is 2. The van der Waals surface area contributed by atoms with Gasteiger partial charge in [0.1, 0.15) is 5.82 Å². The van der Waals surface area contributed by atoms with Crippen molar-refractivity contribution in [1.82, 2.24) is 9.55 Å². The van der Waals surface area contributed by atoms with Crippen LogP contribution in [0.15, 0.2) is 30.3 Å². The summed E-state index contributed by atoms with van der Waals surface area (Å²) in [6.07, 6.45) is 1.05. The first-order valence-electron chi connectivity index (χ1n) is 8.29. The molecule has 0 amide bonds. The summed E-state index contributed by atoms with van der Waals surface area (Å²) in [5.74, 6) is 2.42. The van der Waals surface area contributed by atoms with Crippen LogP contribution in [-0.2, 0) is 6.54 Å². The van der Waals surface area contributed by atoms with E-state index in [4.69, 9.17) is 14.5 Å². The number of aromatic nitrogens is 2. The molecule has 0 aliphatic rings. The van der Waals surface area contributed by atoms with Gasteiger partial charge in [0.15, 0.2) is 11.5 Å². The Balaban J connectivity index is 2.23. The van der Waals surface area contributed by atoms with Crippen molar-refractivity contribution >= 4 is 11.0 Å². The minimum absolute atomic E-state index is 0.720. The zero-order chi connectivity index (χ0) is 17.3. The number of rotatable bonds is 5. The molecule has 0 aliphatic carbocycles. The van der Waals surface area contributed by atoms with Gasteiger partial charge >= 0.3 is 0 Å². The van der Waals surface area contributed by atoms with E-state index >= 15 is 0 Å². The number of nitrogens with zero attached hydrogens (tertiary/aromatic N) is 2. The van der Waals surface area contributed by atoms with Gasteiger partial charge < -0.3 is 14.0 Å². The minimum atomic E-state index is 0.720. The highest BCUT2D eigenvalue weighted by Gasteiger charge is 2.15. The molecule has 0 spiro atoms. The molecular weight excluding hydrogens is 300 g/mol. The Morgan fingerprint density at radius 3 is 2.33 bits per heavy atom. The van der Waals surface area contributed by atoms with Crippen LogP contribution in [-0.4, -0.2) is 23.8 Å². The van der Waals surface area contributed by atoms with E-state index in [0.29, 0.717) is 0 Å². The third-order valence-electron chi connectivity index (χ3n) is 4.45. The molecule has 0 atom stereocenters. The zero-order valence-electron chi connectivity index (χ0n) is 15.0. The summed E-state index contributed by atoms with van der Waals surface area (Å²) in [5.41, 5.74) is 5.81. The highest BCUT2D eigenvalue weighted by Crippen LogP contribution is 2.34. The van der Waals surface area contributed by atoms with Gasteiger partial charge in [-0.1, -0.05) is 6.92 Å². The maximum atomic E-state index is 5.45. The molecule has 0 saturated carbocycles. The summed E-state index contributed by atoms with van der Waals surface area (Å²) in [5, 5.41) is 0. The number of methoxy groups -OCH3 is 2. The molecule has 2 aromatic carbocycles. The van der Waals surface area contributed by atoms with Gasteiger partial charge in [-0.25, -0.2) is 4.98 Å². The van der Waals surface area contributed by atoms with Gasteiger partial charge in [-0.05, 0) is 61.7 Å². The number of benzene rings is 2. The number of hydrogen-bond acceptors (Lipinski definition) is 3. The molecule has 1 heterocycles. The first kappa shape index (κ1) is 16.4. The SMILES string of the molecule is CCCn1c(-c2ccc(OC)c(OC)c2)nc2cc(C)c(C)cc21. The van der Waals surface area contributed by atoms with Crippen LogP contribution in [0.5, 0.6) is 11.5 Å². The summed E-state index contributed by atoms with van der Waals surface area (Å²) in [6.45, 7) is 7.39. The largest absolute Gasteiger partial charge is 0.493 e. The first-order valence-corrected chi connectivity index (χ1v) is 8.29. The molecule has 0 unspecified atom stereocenters. The number of hydrogen-bond donors (Lipinski definition) is 0. The fraction of sp³-hybridized carbons (Fsp3) is 0.350. The summed E-state index contributed by atoms with van der Waals surface area (Å²) >= 11 is 0. The Bertz CT molecular complexity index is 881. The topological polar surface area (TPSA) is 36.3 Å². The van der Waals surface area contributed by atoms with Crippen molar-refractivity contribution in [3.05, 3.63) is 41.5 Å². The average Bonchev–Trinajstić information content (AvgIpc) is 2.92. The molecule has 0 radical (unpaired) electrons. The highest BCUT2D eigenvalue weighted by molar-refractivity contribution is 5.82. The quantitative estimate of drug-likeness (QED) is 0.679. The Hall–Kier alpha value is -2.49. The van der Waals surface area contributed by atoms with Crippen molar-refractivity contribution < 1.29 is 9.47 Å². The van der Waals surface area contributed by atoms with Gasteiger partial charge in [0, 0.05) is 12.1 Å². The van der Waals surface area contributed by atoms with E-state index in [9.17, 15) is 0 Å². The van der Waals surface area contributed by atoms with E-state index in [0.717, 1.165) is 41.4 Å². The lowest BCUT2D eigenvalue weighted by molar-refractivity contribution is 0.355. The lowest BCUT2D eigenvalue weighted by Gasteiger charge is -2.11. The van der Waals surface area contributed by atoms with E-state index in [-0.39, 0.29) is 0 Å². The van der Waals surface area contributed by atoms with Crippen LogP contribution in [0, 0.1) is 13.8 Å². The van der Waals surface area contributed by atoms with E-state index in [2.05, 4.69) is 37.5 Å². The first-order chi connectivity index (χ1) is 11.6. The number of fused-ring (bicyclic) bond motifs is 1. The van der Waals surface area contributed by atoms with Gasteiger partial charge in [-0.3, -0.25) is 0 Å². The van der Waals surface area contributed by atoms with Crippen LogP contribution >= 0.6 is 0 Å². The van der Waals surface area contributed by atoms with Gasteiger partial charge in [0.05, 0.1) is 25.3 Å². The molecule has 3 rings (SSSR count). The van der Waals surface area contributed by atoms with Crippen LogP contribution in [0.1, 0.15) is 24.5 Å². The van der Waals surface area contributed by atoms with Crippen molar-refractivity contribution in [3.63, 3.8) is 0 Å².